The Kier molecular flexibility index (Phi) is 2.07. The van der Waals surface area contributed by atoms with Gasteiger partial charge in [-0.05, 0) is 13.0 Å². The number of nitrogens with two attached hydrogens (primary N) is 1. The highest BCUT2D eigenvalue weighted by molar-refractivity contribution is 5.26. The lowest BCUT2D eigenvalue weighted by Crippen LogP contribution is -2.31. The minimum Gasteiger partial charge on any atom is -0.310 e. The van der Waals surface area contributed by atoms with Crippen molar-refractivity contribution in [1.82, 2.24) is 4.98 Å². The first-order valence-electron chi connectivity index (χ1n) is 3.37. The average molecular weight is 165 g/mol. The normalized spacial score (nSPS) is 14.8. The Labute approximate surface area is 69.6 Å². The van der Waals surface area contributed by atoms with Crippen LogP contribution >= 0.6 is 0 Å². The molecule has 0 fully saturated rings. The van der Waals surface area contributed by atoms with Gasteiger partial charge in [0, 0.05) is 11.8 Å². The maximum Gasteiger partial charge on any atom is 0.141 e. The van der Waals surface area contributed by atoms with Gasteiger partial charge in [-0.25, -0.2) is 4.39 Å². The standard InChI is InChI=1S/C8H8FN3/c1-8(11,5-10)6-2-7(9)4-12-3-6/h2-4H,11H2,1H3. The number of nitrogens with zero attached hydrogens (tertiary/aromatic N) is 2. The summed E-state index contributed by atoms with van der Waals surface area (Å²) in [7, 11) is 0. The number of rotatable bonds is 1. The van der Waals surface area contributed by atoms with Crippen LogP contribution in [0.25, 0.3) is 0 Å². The quantitative estimate of drug-likeness (QED) is 0.673. The molecule has 0 bridgehead atoms. The number of aromatic nitrogens is 1. The monoisotopic (exact) mass is 165 g/mol. The zero-order valence-corrected chi connectivity index (χ0v) is 6.58. The van der Waals surface area contributed by atoms with E-state index in [2.05, 4.69) is 4.98 Å². The Morgan fingerprint density at radius 2 is 2.33 bits per heavy atom. The van der Waals surface area contributed by atoms with Crippen molar-refractivity contribution in [3.05, 3.63) is 29.8 Å². The summed E-state index contributed by atoms with van der Waals surface area (Å²) in [5.74, 6) is -0.487. The van der Waals surface area contributed by atoms with E-state index < -0.39 is 11.4 Å². The van der Waals surface area contributed by atoms with Gasteiger partial charge in [-0.3, -0.25) is 4.98 Å². The van der Waals surface area contributed by atoms with E-state index in [9.17, 15) is 4.39 Å². The molecule has 0 saturated heterocycles. The Hall–Kier alpha value is -1.47. The van der Waals surface area contributed by atoms with Gasteiger partial charge in [0.15, 0.2) is 0 Å². The molecule has 1 heterocycles. The lowest BCUT2D eigenvalue weighted by molar-refractivity contribution is 0.595. The van der Waals surface area contributed by atoms with Crippen molar-refractivity contribution < 1.29 is 4.39 Å². The molecular weight excluding hydrogens is 157 g/mol. The van der Waals surface area contributed by atoms with Crippen LogP contribution < -0.4 is 5.73 Å². The molecule has 1 aromatic heterocycles. The highest BCUT2D eigenvalue weighted by Crippen LogP contribution is 2.15. The smallest absolute Gasteiger partial charge is 0.141 e. The van der Waals surface area contributed by atoms with E-state index in [1.165, 1.54) is 19.2 Å². The van der Waals surface area contributed by atoms with Gasteiger partial charge in [-0.2, -0.15) is 5.26 Å². The van der Waals surface area contributed by atoms with Crippen LogP contribution in [0.5, 0.6) is 0 Å². The molecule has 0 aliphatic carbocycles. The molecule has 2 N–H and O–H groups in total. The second-order valence-corrected chi connectivity index (χ2v) is 2.71. The van der Waals surface area contributed by atoms with Crippen molar-refractivity contribution in [2.75, 3.05) is 0 Å². The average Bonchev–Trinajstić information content (AvgIpc) is 2.05. The van der Waals surface area contributed by atoms with Gasteiger partial charge in [0.25, 0.3) is 0 Å². The molecule has 0 aliphatic rings. The molecule has 1 rings (SSSR count). The van der Waals surface area contributed by atoms with E-state index in [0.29, 0.717) is 5.56 Å². The molecule has 1 atom stereocenters. The first-order valence-corrected chi connectivity index (χ1v) is 3.37. The summed E-state index contributed by atoms with van der Waals surface area (Å²) in [6.07, 6.45) is 2.45. The van der Waals surface area contributed by atoms with Crippen LogP contribution in [0.1, 0.15) is 12.5 Å². The summed E-state index contributed by atoms with van der Waals surface area (Å²) in [5.41, 5.74) is 4.75. The maximum absolute atomic E-state index is 12.6. The zero-order chi connectivity index (χ0) is 9.19. The van der Waals surface area contributed by atoms with Gasteiger partial charge in [0.2, 0.25) is 0 Å². The molecule has 0 aliphatic heterocycles. The number of nitriles is 1. The Balaban J connectivity index is 3.14. The largest absolute Gasteiger partial charge is 0.310 e. The van der Waals surface area contributed by atoms with Gasteiger partial charge in [0.1, 0.15) is 11.4 Å². The lowest BCUT2D eigenvalue weighted by atomic mass is 9.97. The van der Waals surface area contributed by atoms with Gasteiger partial charge >= 0.3 is 0 Å². The van der Waals surface area contributed by atoms with E-state index in [1.54, 1.807) is 0 Å². The van der Waals surface area contributed by atoms with Crippen LogP contribution in [0.4, 0.5) is 4.39 Å². The van der Waals surface area contributed by atoms with Crippen LogP contribution in [-0.4, -0.2) is 4.98 Å². The first kappa shape index (κ1) is 8.62. The molecule has 0 saturated carbocycles. The summed E-state index contributed by atoms with van der Waals surface area (Å²) in [6, 6.07) is 3.06. The molecule has 4 heteroatoms. The van der Waals surface area contributed by atoms with Gasteiger partial charge in [-0.15, -0.1) is 0 Å². The van der Waals surface area contributed by atoms with E-state index in [-0.39, 0.29) is 0 Å². The fraction of sp³-hybridized carbons (Fsp3) is 0.250. The molecule has 1 unspecified atom stereocenters. The third-order valence-electron chi connectivity index (χ3n) is 1.54. The number of hydrogen-bond acceptors (Lipinski definition) is 3. The number of pyridine rings is 1. The highest BCUT2D eigenvalue weighted by Gasteiger charge is 2.20. The van der Waals surface area contributed by atoms with E-state index in [4.69, 9.17) is 11.0 Å². The fourth-order valence-electron chi connectivity index (χ4n) is 0.760. The Morgan fingerprint density at radius 1 is 1.67 bits per heavy atom. The third kappa shape index (κ3) is 1.57. The SMILES string of the molecule is CC(N)(C#N)c1cncc(F)c1. The molecule has 62 valence electrons. The second kappa shape index (κ2) is 2.88. The molecule has 0 spiro atoms. The topological polar surface area (TPSA) is 62.7 Å². The Bertz CT molecular complexity index is 327. The van der Waals surface area contributed by atoms with Crippen LogP contribution in [-0.2, 0) is 5.54 Å². The Morgan fingerprint density at radius 3 is 2.83 bits per heavy atom. The second-order valence-electron chi connectivity index (χ2n) is 2.71. The predicted octanol–water partition coefficient (Wildman–Crippen LogP) is 0.918. The summed E-state index contributed by atoms with van der Waals surface area (Å²) >= 11 is 0. The third-order valence-corrected chi connectivity index (χ3v) is 1.54. The molecule has 0 amide bonds. The number of halogens is 1. The molecule has 1 aromatic rings. The molecule has 12 heavy (non-hydrogen) atoms. The zero-order valence-electron chi connectivity index (χ0n) is 6.58. The summed E-state index contributed by atoms with van der Waals surface area (Å²) in [5, 5.41) is 8.61. The van der Waals surface area contributed by atoms with Crippen molar-refractivity contribution in [3.8, 4) is 6.07 Å². The van der Waals surface area contributed by atoms with Crippen molar-refractivity contribution in [1.29, 1.82) is 5.26 Å². The van der Waals surface area contributed by atoms with Crippen LogP contribution in [0.15, 0.2) is 18.5 Å². The van der Waals surface area contributed by atoms with Gasteiger partial charge < -0.3 is 5.73 Å². The molecular formula is C8H8FN3. The molecule has 0 radical (unpaired) electrons. The van der Waals surface area contributed by atoms with E-state index in [0.717, 1.165) is 6.20 Å². The van der Waals surface area contributed by atoms with E-state index in [1.807, 2.05) is 6.07 Å². The van der Waals surface area contributed by atoms with Crippen LogP contribution in [0.3, 0.4) is 0 Å². The van der Waals surface area contributed by atoms with Gasteiger partial charge in [0.05, 0.1) is 12.3 Å². The summed E-state index contributed by atoms with van der Waals surface area (Å²) < 4.78 is 12.6. The van der Waals surface area contributed by atoms with Crippen molar-refractivity contribution >= 4 is 0 Å². The predicted molar refractivity (Wildman–Crippen MR) is 41.3 cm³/mol. The first-order chi connectivity index (χ1) is 5.56. The molecule has 3 nitrogen and oxygen atoms in total. The van der Waals surface area contributed by atoms with Crippen LogP contribution in [0.2, 0.25) is 0 Å². The highest BCUT2D eigenvalue weighted by atomic mass is 19.1. The van der Waals surface area contributed by atoms with Crippen molar-refractivity contribution in [3.63, 3.8) is 0 Å². The van der Waals surface area contributed by atoms with Crippen molar-refractivity contribution in [2.24, 2.45) is 5.73 Å². The summed E-state index contributed by atoms with van der Waals surface area (Å²) in [4.78, 5) is 3.59. The minimum atomic E-state index is -1.17. The molecule has 0 aromatic carbocycles. The fourth-order valence-corrected chi connectivity index (χ4v) is 0.760. The number of hydrogen-bond donors (Lipinski definition) is 1. The van der Waals surface area contributed by atoms with Crippen molar-refractivity contribution in [2.45, 2.75) is 12.5 Å². The summed E-state index contributed by atoms with van der Waals surface area (Å²) in [6.45, 7) is 1.50. The maximum atomic E-state index is 12.6. The minimum absolute atomic E-state index is 0.380. The lowest BCUT2D eigenvalue weighted by Gasteiger charge is -2.14. The van der Waals surface area contributed by atoms with Crippen LogP contribution in [0, 0.1) is 17.1 Å². The van der Waals surface area contributed by atoms with E-state index >= 15 is 0 Å². The van der Waals surface area contributed by atoms with Gasteiger partial charge in [-0.1, -0.05) is 0 Å².